The molecule has 0 unspecified atom stereocenters. The van der Waals surface area contributed by atoms with E-state index in [2.05, 4.69) is 0 Å². The Kier molecular flexibility index (Phi) is 2.30. The Morgan fingerprint density at radius 1 is 0.905 bits per heavy atom. The summed E-state index contributed by atoms with van der Waals surface area (Å²) in [5, 5.41) is 0.621. The number of rotatable bonds is 0. The Hall–Kier alpha value is -2.88. The smallest absolute Gasteiger partial charge is 0.228 e. The summed E-state index contributed by atoms with van der Waals surface area (Å²) in [5.41, 5.74) is 3.21. The van der Waals surface area contributed by atoms with Crippen LogP contribution in [0.5, 0.6) is 0 Å². The van der Waals surface area contributed by atoms with E-state index in [1.54, 1.807) is 23.2 Å². The van der Waals surface area contributed by atoms with E-state index in [1.807, 2.05) is 41.0 Å². The lowest BCUT2D eigenvalue weighted by Gasteiger charge is -2.31. The first-order valence-corrected chi connectivity index (χ1v) is 6.73. The van der Waals surface area contributed by atoms with Crippen molar-refractivity contribution in [3.8, 4) is 5.69 Å². The van der Waals surface area contributed by atoms with Crippen LogP contribution in [0.3, 0.4) is 0 Å². The molecule has 4 rings (SSSR count). The summed E-state index contributed by atoms with van der Waals surface area (Å²) in [6.45, 7) is 1.53. The topological polar surface area (TPSA) is 42.3 Å². The maximum Gasteiger partial charge on any atom is 0.228 e. The minimum absolute atomic E-state index is 0.0361. The summed E-state index contributed by atoms with van der Waals surface area (Å²) in [6, 6.07) is 14.7. The van der Waals surface area contributed by atoms with Gasteiger partial charge in [-0.15, -0.1) is 0 Å². The molecular weight excluding hydrogens is 264 g/mol. The molecule has 0 atom stereocenters. The van der Waals surface area contributed by atoms with Crippen LogP contribution < -0.4 is 10.3 Å². The zero-order chi connectivity index (χ0) is 14.6. The number of amides is 1. The molecule has 1 aliphatic heterocycles. The number of carbonyl (C=O) groups excluding carboxylic acids is 1. The lowest BCUT2D eigenvalue weighted by Crippen LogP contribution is -2.28. The zero-order valence-electron chi connectivity index (χ0n) is 11.4. The molecule has 1 amide bonds. The van der Waals surface area contributed by atoms with Gasteiger partial charge in [0.15, 0.2) is 5.43 Å². The zero-order valence-corrected chi connectivity index (χ0v) is 11.4. The van der Waals surface area contributed by atoms with Crippen LogP contribution >= 0.6 is 0 Å². The molecule has 0 bridgehead atoms. The Bertz CT molecular complexity index is 956. The van der Waals surface area contributed by atoms with Crippen LogP contribution in [-0.2, 0) is 4.79 Å². The largest absolute Gasteiger partial charge is 0.312 e. The number of hydrogen-bond acceptors (Lipinski definition) is 2. The van der Waals surface area contributed by atoms with Gasteiger partial charge in [-0.25, -0.2) is 0 Å². The molecule has 2 aromatic carbocycles. The molecule has 0 spiro atoms. The number of hydrogen-bond donors (Lipinski definition) is 0. The van der Waals surface area contributed by atoms with Gasteiger partial charge in [0.2, 0.25) is 5.91 Å². The van der Waals surface area contributed by atoms with Gasteiger partial charge in [-0.05, 0) is 24.3 Å². The molecule has 0 saturated carbocycles. The number of benzene rings is 2. The highest BCUT2D eigenvalue weighted by Crippen LogP contribution is 2.40. The molecule has 21 heavy (non-hydrogen) atoms. The molecule has 1 aliphatic rings. The van der Waals surface area contributed by atoms with Crippen molar-refractivity contribution in [3.05, 3.63) is 65.0 Å². The maximum atomic E-state index is 12.1. The number of fused-ring (bicyclic) bond motifs is 2. The van der Waals surface area contributed by atoms with Gasteiger partial charge in [-0.1, -0.05) is 18.2 Å². The van der Waals surface area contributed by atoms with E-state index >= 15 is 0 Å². The monoisotopic (exact) mass is 276 g/mol. The first-order chi connectivity index (χ1) is 10.2. The molecule has 0 fully saturated rings. The van der Waals surface area contributed by atoms with Gasteiger partial charge in [-0.3, -0.25) is 14.5 Å². The summed E-state index contributed by atoms with van der Waals surface area (Å²) in [6.07, 6.45) is 1.77. The number of para-hydroxylation sites is 3. The van der Waals surface area contributed by atoms with Gasteiger partial charge in [0.25, 0.3) is 0 Å². The fraction of sp³-hybridized carbons (Fsp3) is 0.0588. The SMILES string of the molecule is CC(=O)N1c2ccccc2-n2ccc(=O)c3cccc1c32. The van der Waals surface area contributed by atoms with Crippen molar-refractivity contribution in [2.24, 2.45) is 0 Å². The van der Waals surface area contributed by atoms with E-state index in [4.69, 9.17) is 0 Å². The molecule has 0 saturated heterocycles. The Balaban J connectivity index is 2.26. The lowest BCUT2D eigenvalue weighted by molar-refractivity contribution is -0.115. The molecule has 0 aliphatic carbocycles. The number of anilines is 2. The second-order valence-corrected chi connectivity index (χ2v) is 5.07. The average Bonchev–Trinajstić information content (AvgIpc) is 2.49. The van der Waals surface area contributed by atoms with Gasteiger partial charge in [0, 0.05) is 24.6 Å². The fourth-order valence-electron chi connectivity index (χ4n) is 3.00. The van der Waals surface area contributed by atoms with Crippen LogP contribution in [0.1, 0.15) is 6.92 Å². The third-order valence-electron chi connectivity index (χ3n) is 3.83. The number of aromatic nitrogens is 1. The van der Waals surface area contributed by atoms with Crippen LogP contribution in [0.4, 0.5) is 11.4 Å². The van der Waals surface area contributed by atoms with Gasteiger partial charge in [0.1, 0.15) is 0 Å². The van der Waals surface area contributed by atoms with Crippen LogP contribution in [0.15, 0.2) is 59.5 Å². The Morgan fingerprint density at radius 3 is 2.38 bits per heavy atom. The molecule has 3 aromatic rings. The molecule has 4 nitrogen and oxygen atoms in total. The summed E-state index contributed by atoms with van der Waals surface area (Å²) >= 11 is 0. The molecule has 102 valence electrons. The Labute approximate surface area is 120 Å². The summed E-state index contributed by atoms with van der Waals surface area (Å²) in [4.78, 5) is 25.9. The summed E-state index contributed by atoms with van der Waals surface area (Å²) in [5.74, 6) is -0.0718. The van der Waals surface area contributed by atoms with Crippen LogP contribution in [-0.4, -0.2) is 10.5 Å². The van der Waals surface area contributed by atoms with E-state index in [0.717, 1.165) is 22.6 Å². The van der Waals surface area contributed by atoms with Gasteiger partial charge in [-0.2, -0.15) is 0 Å². The summed E-state index contributed by atoms with van der Waals surface area (Å²) in [7, 11) is 0. The van der Waals surface area contributed by atoms with E-state index in [-0.39, 0.29) is 11.3 Å². The van der Waals surface area contributed by atoms with Gasteiger partial charge < -0.3 is 4.57 Å². The van der Waals surface area contributed by atoms with Crippen LogP contribution in [0, 0.1) is 0 Å². The van der Waals surface area contributed by atoms with E-state index in [0.29, 0.717) is 5.39 Å². The van der Waals surface area contributed by atoms with Crippen molar-refractivity contribution in [2.75, 3.05) is 4.90 Å². The van der Waals surface area contributed by atoms with Gasteiger partial charge in [0.05, 0.1) is 22.6 Å². The normalized spacial score (nSPS) is 12.3. The molecule has 0 N–H and O–H groups in total. The Morgan fingerprint density at radius 2 is 1.62 bits per heavy atom. The quantitative estimate of drug-likeness (QED) is 0.633. The second-order valence-electron chi connectivity index (χ2n) is 5.07. The minimum atomic E-state index is -0.0718. The number of carbonyl (C=O) groups is 1. The third kappa shape index (κ3) is 1.50. The van der Waals surface area contributed by atoms with Crippen molar-refractivity contribution in [1.82, 2.24) is 4.57 Å². The summed E-state index contributed by atoms with van der Waals surface area (Å²) < 4.78 is 1.97. The number of pyridine rings is 1. The van der Waals surface area contributed by atoms with Crippen molar-refractivity contribution in [2.45, 2.75) is 6.92 Å². The predicted molar refractivity (Wildman–Crippen MR) is 82.4 cm³/mol. The lowest BCUT2D eigenvalue weighted by atomic mass is 10.1. The fourth-order valence-corrected chi connectivity index (χ4v) is 3.00. The van der Waals surface area contributed by atoms with Crippen LogP contribution in [0.25, 0.3) is 16.6 Å². The predicted octanol–water partition coefficient (Wildman–Crippen LogP) is 2.99. The first kappa shape index (κ1) is 11.9. The van der Waals surface area contributed by atoms with Crippen LogP contribution in [0.2, 0.25) is 0 Å². The first-order valence-electron chi connectivity index (χ1n) is 6.73. The van der Waals surface area contributed by atoms with Gasteiger partial charge >= 0.3 is 0 Å². The highest BCUT2D eigenvalue weighted by molar-refractivity contribution is 6.10. The van der Waals surface area contributed by atoms with Crippen molar-refractivity contribution in [1.29, 1.82) is 0 Å². The van der Waals surface area contributed by atoms with Crippen molar-refractivity contribution < 1.29 is 4.79 Å². The van der Waals surface area contributed by atoms with E-state index in [9.17, 15) is 9.59 Å². The maximum absolute atomic E-state index is 12.1. The number of nitrogens with zero attached hydrogens (tertiary/aromatic N) is 2. The molecule has 4 heteroatoms. The molecule has 2 heterocycles. The molecular formula is C17H12N2O2. The van der Waals surface area contributed by atoms with E-state index < -0.39 is 0 Å². The highest BCUT2D eigenvalue weighted by Gasteiger charge is 2.26. The third-order valence-corrected chi connectivity index (χ3v) is 3.83. The molecule has 0 radical (unpaired) electrons. The average molecular weight is 276 g/mol. The van der Waals surface area contributed by atoms with Crippen molar-refractivity contribution in [3.63, 3.8) is 0 Å². The standard InChI is InChI=1S/C17H12N2O2/c1-11(20)19-14-7-3-2-6-13(14)18-10-9-16(21)12-5-4-8-15(19)17(12)18/h2-10H,1H3. The second kappa shape index (κ2) is 4.06. The minimum Gasteiger partial charge on any atom is -0.312 e. The highest BCUT2D eigenvalue weighted by atomic mass is 16.2. The molecule has 1 aromatic heterocycles. The van der Waals surface area contributed by atoms with E-state index in [1.165, 1.54) is 6.92 Å². The van der Waals surface area contributed by atoms with Crippen molar-refractivity contribution >= 4 is 28.2 Å².